The standard InChI is InChI=1S/C19H20N4O/c1-3-13-20-18-16-7-5-6-8-17(16)22-19(23-18)21-14-9-11-15(12-10-14)24-4-2/h3,5-12H,1,4,13H2,2H3,(H2,20,21,22,23). The molecule has 2 N–H and O–H groups in total. The molecule has 0 fully saturated rings. The Morgan fingerprint density at radius 3 is 2.62 bits per heavy atom. The number of benzene rings is 2. The third-order valence-electron chi connectivity index (χ3n) is 3.44. The molecule has 0 aliphatic carbocycles. The van der Waals surface area contributed by atoms with E-state index in [0.717, 1.165) is 28.2 Å². The van der Waals surface area contributed by atoms with Crippen LogP contribution in [0.15, 0.2) is 61.2 Å². The van der Waals surface area contributed by atoms with Gasteiger partial charge in [-0.2, -0.15) is 4.98 Å². The molecule has 1 heterocycles. The number of nitrogens with one attached hydrogen (secondary N) is 2. The summed E-state index contributed by atoms with van der Waals surface area (Å²) in [6, 6.07) is 15.6. The van der Waals surface area contributed by atoms with Crippen molar-refractivity contribution in [1.82, 2.24) is 9.97 Å². The first kappa shape index (κ1) is 15.8. The fraction of sp³-hybridized carbons (Fsp3) is 0.158. The van der Waals surface area contributed by atoms with Gasteiger partial charge in [0.1, 0.15) is 11.6 Å². The molecular weight excluding hydrogens is 300 g/mol. The van der Waals surface area contributed by atoms with Gasteiger partial charge in [-0.25, -0.2) is 4.98 Å². The second-order valence-electron chi connectivity index (χ2n) is 5.16. The number of anilines is 3. The summed E-state index contributed by atoms with van der Waals surface area (Å²) in [6.45, 7) is 7.00. The second-order valence-corrected chi connectivity index (χ2v) is 5.16. The van der Waals surface area contributed by atoms with Crippen molar-refractivity contribution in [3.63, 3.8) is 0 Å². The molecule has 5 heteroatoms. The van der Waals surface area contributed by atoms with Gasteiger partial charge >= 0.3 is 0 Å². The number of ether oxygens (including phenoxy) is 1. The summed E-state index contributed by atoms with van der Waals surface area (Å²) < 4.78 is 5.45. The van der Waals surface area contributed by atoms with Crippen LogP contribution in [0.5, 0.6) is 5.75 Å². The van der Waals surface area contributed by atoms with Gasteiger partial charge in [-0.05, 0) is 43.3 Å². The average molecular weight is 320 g/mol. The Kier molecular flexibility index (Phi) is 4.91. The molecule has 0 aliphatic rings. The molecule has 3 rings (SSSR count). The number of rotatable bonds is 7. The molecule has 24 heavy (non-hydrogen) atoms. The SMILES string of the molecule is C=CCNc1nc(Nc2ccc(OCC)cc2)nc2ccccc12. The van der Waals surface area contributed by atoms with Crippen molar-refractivity contribution >= 4 is 28.4 Å². The number of hydrogen-bond donors (Lipinski definition) is 2. The molecule has 0 amide bonds. The van der Waals surface area contributed by atoms with Crippen molar-refractivity contribution in [3.8, 4) is 5.75 Å². The Hall–Kier alpha value is -3.08. The molecule has 0 saturated heterocycles. The molecule has 0 bridgehead atoms. The van der Waals surface area contributed by atoms with Crippen LogP contribution in [0.4, 0.5) is 17.5 Å². The summed E-state index contributed by atoms with van der Waals surface area (Å²) in [7, 11) is 0. The highest BCUT2D eigenvalue weighted by Gasteiger charge is 2.07. The number of fused-ring (bicyclic) bond motifs is 1. The summed E-state index contributed by atoms with van der Waals surface area (Å²) in [5, 5.41) is 7.48. The van der Waals surface area contributed by atoms with Gasteiger partial charge in [0.05, 0.1) is 12.1 Å². The van der Waals surface area contributed by atoms with Crippen LogP contribution in [0.3, 0.4) is 0 Å². The molecule has 1 aromatic heterocycles. The van der Waals surface area contributed by atoms with E-state index in [0.29, 0.717) is 19.1 Å². The quantitative estimate of drug-likeness (QED) is 0.633. The molecule has 0 atom stereocenters. The van der Waals surface area contributed by atoms with Gasteiger partial charge in [0.25, 0.3) is 0 Å². The molecule has 5 nitrogen and oxygen atoms in total. The van der Waals surface area contributed by atoms with Crippen molar-refractivity contribution in [2.45, 2.75) is 6.92 Å². The van der Waals surface area contributed by atoms with Gasteiger partial charge in [0, 0.05) is 17.6 Å². The van der Waals surface area contributed by atoms with E-state index in [1.54, 1.807) is 6.08 Å². The van der Waals surface area contributed by atoms with Crippen LogP contribution in [0.25, 0.3) is 10.9 Å². The zero-order valence-corrected chi connectivity index (χ0v) is 13.6. The van der Waals surface area contributed by atoms with Gasteiger partial charge in [-0.3, -0.25) is 0 Å². The second kappa shape index (κ2) is 7.46. The topological polar surface area (TPSA) is 59.1 Å². The predicted octanol–water partition coefficient (Wildman–Crippen LogP) is 4.37. The number of aromatic nitrogens is 2. The van der Waals surface area contributed by atoms with E-state index in [4.69, 9.17) is 4.74 Å². The normalized spacial score (nSPS) is 10.4. The maximum Gasteiger partial charge on any atom is 0.229 e. The molecule has 0 radical (unpaired) electrons. The summed E-state index contributed by atoms with van der Waals surface area (Å²) >= 11 is 0. The smallest absolute Gasteiger partial charge is 0.229 e. The van der Waals surface area contributed by atoms with Crippen LogP contribution in [-0.4, -0.2) is 23.1 Å². The fourth-order valence-corrected chi connectivity index (χ4v) is 2.37. The Morgan fingerprint density at radius 2 is 1.88 bits per heavy atom. The van der Waals surface area contributed by atoms with E-state index in [-0.39, 0.29) is 0 Å². The Bertz CT molecular complexity index is 830. The Labute approximate surface area is 141 Å². The first-order valence-corrected chi connectivity index (χ1v) is 7.91. The molecule has 2 aromatic carbocycles. The van der Waals surface area contributed by atoms with Crippen LogP contribution < -0.4 is 15.4 Å². The van der Waals surface area contributed by atoms with Crippen LogP contribution in [0, 0.1) is 0 Å². The van der Waals surface area contributed by atoms with E-state index in [1.807, 2.05) is 55.5 Å². The number of nitrogens with zero attached hydrogens (tertiary/aromatic N) is 2. The zero-order valence-electron chi connectivity index (χ0n) is 13.6. The molecule has 0 saturated carbocycles. The maximum absolute atomic E-state index is 5.45. The van der Waals surface area contributed by atoms with E-state index in [9.17, 15) is 0 Å². The molecular formula is C19H20N4O. The highest BCUT2D eigenvalue weighted by molar-refractivity contribution is 5.90. The number of hydrogen-bond acceptors (Lipinski definition) is 5. The van der Waals surface area contributed by atoms with E-state index < -0.39 is 0 Å². The van der Waals surface area contributed by atoms with Crippen molar-refractivity contribution in [2.75, 3.05) is 23.8 Å². The Balaban J connectivity index is 1.89. The number of para-hydroxylation sites is 1. The highest BCUT2D eigenvalue weighted by atomic mass is 16.5. The lowest BCUT2D eigenvalue weighted by Gasteiger charge is -2.11. The van der Waals surface area contributed by atoms with Crippen LogP contribution in [0.2, 0.25) is 0 Å². The molecule has 122 valence electrons. The summed E-state index contributed by atoms with van der Waals surface area (Å²) in [6.07, 6.45) is 1.80. The highest BCUT2D eigenvalue weighted by Crippen LogP contribution is 2.24. The first-order chi connectivity index (χ1) is 11.8. The largest absolute Gasteiger partial charge is 0.494 e. The molecule has 0 aliphatic heterocycles. The van der Waals surface area contributed by atoms with Gasteiger partial charge in [0.15, 0.2) is 0 Å². The van der Waals surface area contributed by atoms with Crippen molar-refractivity contribution < 1.29 is 4.74 Å². The third kappa shape index (κ3) is 3.63. The molecule has 3 aromatic rings. The molecule has 0 spiro atoms. The van der Waals surface area contributed by atoms with E-state index in [1.165, 1.54) is 0 Å². The van der Waals surface area contributed by atoms with E-state index >= 15 is 0 Å². The van der Waals surface area contributed by atoms with Crippen LogP contribution in [-0.2, 0) is 0 Å². The predicted molar refractivity (Wildman–Crippen MR) is 99.1 cm³/mol. The first-order valence-electron chi connectivity index (χ1n) is 7.91. The van der Waals surface area contributed by atoms with Gasteiger partial charge in [-0.15, -0.1) is 6.58 Å². The lowest BCUT2D eigenvalue weighted by Crippen LogP contribution is -2.05. The summed E-state index contributed by atoms with van der Waals surface area (Å²) in [5.41, 5.74) is 1.79. The fourth-order valence-electron chi connectivity index (χ4n) is 2.37. The summed E-state index contributed by atoms with van der Waals surface area (Å²) in [4.78, 5) is 9.16. The third-order valence-corrected chi connectivity index (χ3v) is 3.44. The lowest BCUT2D eigenvalue weighted by atomic mass is 10.2. The van der Waals surface area contributed by atoms with Gasteiger partial charge in [-0.1, -0.05) is 18.2 Å². The van der Waals surface area contributed by atoms with Crippen molar-refractivity contribution in [2.24, 2.45) is 0 Å². The van der Waals surface area contributed by atoms with Crippen LogP contribution >= 0.6 is 0 Å². The minimum atomic E-state index is 0.546. The molecule has 0 unspecified atom stereocenters. The summed E-state index contributed by atoms with van der Waals surface area (Å²) in [5.74, 6) is 2.18. The van der Waals surface area contributed by atoms with Gasteiger partial charge in [0.2, 0.25) is 5.95 Å². The van der Waals surface area contributed by atoms with Crippen LogP contribution in [0.1, 0.15) is 6.92 Å². The maximum atomic E-state index is 5.45. The van der Waals surface area contributed by atoms with Crippen molar-refractivity contribution in [1.29, 1.82) is 0 Å². The minimum absolute atomic E-state index is 0.546. The van der Waals surface area contributed by atoms with E-state index in [2.05, 4.69) is 27.2 Å². The Morgan fingerprint density at radius 1 is 1.08 bits per heavy atom. The van der Waals surface area contributed by atoms with Crippen molar-refractivity contribution in [3.05, 3.63) is 61.2 Å². The average Bonchev–Trinajstić information content (AvgIpc) is 2.61. The zero-order chi connectivity index (χ0) is 16.8. The van der Waals surface area contributed by atoms with Gasteiger partial charge < -0.3 is 15.4 Å². The lowest BCUT2D eigenvalue weighted by molar-refractivity contribution is 0.340. The minimum Gasteiger partial charge on any atom is -0.494 e. The monoisotopic (exact) mass is 320 g/mol.